The van der Waals surface area contributed by atoms with Crippen LogP contribution in [0.2, 0.25) is 0 Å². The van der Waals surface area contributed by atoms with E-state index in [1.165, 1.54) is 32.0 Å². The fourth-order valence-electron chi connectivity index (χ4n) is 2.54. The third-order valence-corrected chi connectivity index (χ3v) is 4.39. The molecule has 0 aromatic heterocycles. The number of rotatable bonds is 6. The fourth-order valence-corrected chi connectivity index (χ4v) is 2.54. The number of hydrogen-bond donors (Lipinski definition) is 1. The minimum atomic E-state index is -1.05. The highest BCUT2D eigenvalue weighted by atomic mass is 16.6. The smallest absolute Gasteiger partial charge is 0.338 e. The van der Waals surface area contributed by atoms with E-state index in [2.05, 4.69) is 5.32 Å². The van der Waals surface area contributed by atoms with Crippen LogP contribution in [0, 0.1) is 22.5 Å². The molecule has 0 radical (unpaired) electrons. The van der Waals surface area contributed by atoms with Crippen LogP contribution in [-0.2, 0) is 9.53 Å². The normalized spacial score (nSPS) is 12.0. The minimum Gasteiger partial charge on any atom is -0.451 e. The lowest BCUT2D eigenvalue weighted by Gasteiger charge is -2.18. The SMILES string of the molecule is Cc1cc(C(=O)O[C@@H](C)C(=O)c2ccc(NC(=O)C(C)(C)C)cc2)ccc1[N+](=O)[O-]. The van der Waals surface area contributed by atoms with E-state index in [4.69, 9.17) is 4.74 Å². The summed E-state index contributed by atoms with van der Waals surface area (Å²) in [5.41, 5.74) is 0.669. The van der Waals surface area contributed by atoms with Crippen LogP contribution in [0.4, 0.5) is 11.4 Å². The van der Waals surface area contributed by atoms with Crippen molar-refractivity contribution in [3.05, 3.63) is 69.3 Å². The number of Topliss-reactive ketones (excluding diaryl/α,β-unsaturated/α-hetero) is 1. The molecule has 0 saturated carbocycles. The number of aryl methyl sites for hydroxylation is 1. The van der Waals surface area contributed by atoms with Crippen molar-refractivity contribution >= 4 is 29.0 Å². The van der Waals surface area contributed by atoms with Gasteiger partial charge in [0.1, 0.15) is 0 Å². The van der Waals surface area contributed by atoms with Gasteiger partial charge >= 0.3 is 5.97 Å². The van der Waals surface area contributed by atoms with E-state index in [0.717, 1.165) is 0 Å². The average Bonchev–Trinajstić information content (AvgIpc) is 2.66. The lowest BCUT2D eigenvalue weighted by Crippen LogP contribution is -2.27. The second-order valence-corrected chi connectivity index (χ2v) is 7.95. The molecule has 1 N–H and O–H groups in total. The molecule has 30 heavy (non-hydrogen) atoms. The Bertz CT molecular complexity index is 990. The van der Waals surface area contributed by atoms with Crippen LogP contribution in [0.1, 0.15) is 54.0 Å². The predicted molar refractivity (Wildman–Crippen MR) is 112 cm³/mol. The predicted octanol–water partition coefficient (Wildman–Crippen LogP) is 4.32. The van der Waals surface area contributed by atoms with Crippen molar-refractivity contribution in [2.45, 2.75) is 40.7 Å². The molecule has 0 saturated heterocycles. The third-order valence-electron chi connectivity index (χ3n) is 4.39. The van der Waals surface area contributed by atoms with Crippen molar-refractivity contribution < 1.29 is 24.0 Å². The van der Waals surface area contributed by atoms with Crippen LogP contribution in [-0.4, -0.2) is 28.7 Å². The highest BCUT2D eigenvalue weighted by Gasteiger charge is 2.23. The maximum absolute atomic E-state index is 12.6. The summed E-state index contributed by atoms with van der Waals surface area (Å²) in [6.07, 6.45) is -1.05. The number of nitrogens with zero attached hydrogens (tertiary/aromatic N) is 1. The van der Waals surface area contributed by atoms with Gasteiger partial charge in [-0.05, 0) is 50.2 Å². The van der Waals surface area contributed by atoms with Crippen molar-refractivity contribution in [2.75, 3.05) is 5.32 Å². The summed E-state index contributed by atoms with van der Waals surface area (Å²) < 4.78 is 5.22. The average molecular weight is 412 g/mol. The number of nitro benzene ring substituents is 1. The van der Waals surface area contributed by atoms with Gasteiger partial charge in [0, 0.05) is 28.3 Å². The zero-order chi connectivity index (χ0) is 22.6. The summed E-state index contributed by atoms with van der Waals surface area (Å²) in [4.78, 5) is 47.2. The molecule has 8 heteroatoms. The molecule has 8 nitrogen and oxygen atoms in total. The Kier molecular flexibility index (Phi) is 6.71. The van der Waals surface area contributed by atoms with E-state index < -0.39 is 28.2 Å². The number of nitro groups is 1. The molecule has 0 unspecified atom stereocenters. The molecule has 0 heterocycles. The van der Waals surface area contributed by atoms with Crippen molar-refractivity contribution in [1.29, 1.82) is 0 Å². The van der Waals surface area contributed by atoms with Gasteiger partial charge in [0.2, 0.25) is 11.7 Å². The van der Waals surface area contributed by atoms with Crippen LogP contribution < -0.4 is 5.32 Å². The number of benzene rings is 2. The van der Waals surface area contributed by atoms with Gasteiger partial charge < -0.3 is 10.1 Å². The summed E-state index contributed by atoms with van der Waals surface area (Å²) in [5, 5.41) is 13.6. The molecule has 0 aliphatic carbocycles. The van der Waals surface area contributed by atoms with E-state index in [1.807, 2.05) is 0 Å². The van der Waals surface area contributed by atoms with Gasteiger partial charge in [-0.3, -0.25) is 19.7 Å². The van der Waals surface area contributed by atoms with Gasteiger partial charge in [-0.15, -0.1) is 0 Å². The standard InChI is InChI=1S/C22H24N2O6/c1-13-12-16(8-11-18(13)24(28)29)20(26)30-14(2)19(25)15-6-9-17(10-7-15)23-21(27)22(3,4)5/h6-12,14H,1-5H3,(H,23,27)/t14-/m0/s1. The highest BCUT2D eigenvalue weighted by molar-refractivity contribution is 6.02. The number of amides is 1. The second-order valence-electron chi connectivity index (χ2n) is 7.95. The van der Waals surface area contributed by atoms with E-state index in [0.29, 0.717) is 16.8 Å². The molecule has 0 spiro atoms. The summed E-state index contributed by atoms with van der Waals surface area (Å²) in [5.74, 6) is -1.30. The molecule has 158 valence electrons. The number of ether oxygens (including phenoxy) is 1. The molecular formula is C22H24N2O6. The second kappa shape index (κ2) is 8.86. The van der Waals surface area contributed by atoms with Crippen LogP contribution in [0.3, 0.4) is 0 Å². The van der Waals surface area contributed by atoms with E-state index in [1.54, 1.807) is 45.0 Å². The monoisotopic (exact) mass is 412 g/mol. The highest BCUT2D eigenvalue weighted by Crippen LogP contribution is 2.21. The van der Waals surface area contributed by atoms with Crippen LogP contribution >= 0.6 is 0 Å². The van der Waals surface area contributed by atoms with E-state index in [9.17, 15) is 24.5 Å². The number of carbonyl (C=O) groups excluding carboxylic acids is 3. The summed E-state index contributed by atoms with van der Waals surface area (Å²) in [6.45, 7) is 8.35. The summed E-state index contributed by atoms with van der Waals surface area (Å²) >= 11 is 0. The fraction of sp³-hybridized carbons (Fsp3) is 0.318. The van der Waals surface area contributed by atoms with Crippen molar-refractivity contribution in [2.24, 2.45) is 5.41 Å². The Morgan fingerprint density at radius 2 is 1.60 bits per heavy atom. The summed E-state index contributed by atoms with van der Waals surface area (Å²) in [7, 11) is 0. The van der Waals surface area contributed by atoms with Crippen molar-refractivity contribution in [3.63, 3.8) is 0 Å². The first kappa shape index (κ1) is 22.7. The quantitative estimate of drug-likeness (QED) is 0.327. The largest absolute Gasteiger partial charge is 0.451 e. The molecule has 0 fully saturated rings. The molecular weight excluding hydrogens is 388 g/mol. The Hall–Kier alpha value is -3.55. The number of carbonyl (C=O) groups is 3. The zero-order valence-corrected chi connectivity index (χ0v) is 17.5. The zero-order valence-electron chi connectivity index (χ0n) is 17.5. The number of ketones is 1. The lowest BCUT2D eigenvalue weighted by molar-refractivity contribution is -0.385. The Morgan fingerprint density at radius 3 is 2.10 bits per heavy atom. The molecule has 0 bridgehead atoms. The topological polar surface area (TPSA) is 116 Å². The molecule has 2 aromatic carbocycles. The molecule has 1 atom stereocenters. The number of anilines is 1. The van der Waals surface area contributed by atoms with E-state index in [-0.39, 0.29) is 17.2 Å². The number of hydrogen-bond acceptors (Lipinski definition) is 6. The molecule has 2 aromatic rings. The van der Waals surface area contributed by atoms with Crippen molar-refractivity contribution in [1.82, 2.24) is 0 Å². The lowest BCUT2D eigenvalue weighted by atomic mass is 9.95. The first-order valence-electron chi connectivity index (χ1n) is 9.32. The number of nitrogens with one attached hydrogen (secondary N) is 1. The first-order chi connectivity index (χ1) is 13.9. The number of esters is 1. The Labute approximate surface area is 174 Å². The van der Waals surface area contributed by atoms with Gasteiger partial charge in [0.15, 0.2) is 6.10 Å². The first-order valence-corrected chi connectivity index (χ1v) is 9.32. The van der Waals surface area contributed by atoms with Crippen LogP contribution in [0.15, 0.2) is 42.5 Å². The van der Waals surface area contributed by atoms with Crippen molar-refractivity contribution in [3.8, 4) is 0 Å². The Balaban J connectivity index is 2.05. The van der Waals surface area contributed by atoms with E-state index >= 15 is 0 Å². The maximum Gasteiger partial charge on any atom is 0.338 e. The van der Waals surface area contributed by atoms with Gasteiger partial charge in [-0.1, -0.05) is 20.8 Å². The minimum absolute atomic E-state index is 0.102. The maximum atomic E-state index is 12.6. The van der Waals surface area contributed by atoms with Gasteiger partial charge in [-0.2, -0.15) is 0 Å². The molecule has 0 aliphatic rings. The molecule has 0 aliphatic heterocycles. The summed E-state index contributed by atoms with van der Waals surface area (Å²) in [6, 6.07) is 10.2. The van der Waals surface area contributed by atoms with Gasteiger partial charge in [0.05, 0.1) is 10.5 Å². The van der Waals surface area contributed by atoms with Crippen LogP contribution in [0.25, 0.3) is 0 Å². The van der Waals surface area contributed by atoms with Crippen LogP contribution in [0.5, 0.6) is 0 Å². The Morgan fingerprint density at radius 1 is 1.03 bits per heavy atom. The van der Waals surface area contributed by atoms with Gasteiger partial charge in [-0.25, -0.2) is 4.79 Å². The molecule has 2 rings (SSSR count). The van der Waals surface area contributed by atoms with Gasteiger partial charge in [0.25, 0.3) is 5.69 Å². The molecule has 1 amide bonds. The third kappa shape index (κ3) is 5.50.